The van der Waals surface area contributed by atoms with E-state index in [2.05, 4.69) is 4.98 Å². The van der Waals surface area contributed by atoms with Gasteiger partial charge in [0.25, 0.3) is 0 Å². The minimum atomic E-state index is -2.48. The summed E-state index contributed by atoms with van der Waals surface area (Å²) < 4.78 is -4.54. The van der Waals surface area contributed by atoms with Crippen molar-refractivity contribution in [3.63, 3.8) is 0 Å². The van der Waals surface area contributed by atoms with Crippen molar-refractivity contribution in [2.45, 2.75) is 8.67 Å². The Labute approximate surface area is 151 Å². The summed E-state index contributed by atoms with van der Waals surface area (Å²) in [4.78, 5) is 13.8. The van der Waals surface area contributed by atoms with Crippen LogP contribution in [0, 0.1) is 0 Å². The summed E-state index contributed by atoms with van der Waals surface area (Å²) in [5.74, 6) is -1.77. The molecule has 0 aliphatic heterocycles. The van der Waals surface area contributed by atoms with Gasteiger partial charge in [-0.2, -0.15) is 0 Å². The van der Waals surface area contributed by atoms with Crippen molar-refractivity contribution in [2.75, 3.05) is 0 Å². The zero-order chi connectivity index (χ0) is 13.6. The number of para-hydroxylation sites is 1. The molecule has 0 fully saturated rings. The monoisotopic (exact) mass is 347 g/mol. The molecule has 8 heteroatoms. The van der Waals surface area contributed by atoms with E-state index >= 15 is 0 Å². The van der Waals surface area contributed by atoms with E-state index in [1.807, 2.05) is 12.1 Å². The zero-order valence-electron chi connectivity index (χ0n) is 9.72. The molecule has 1 aromatic carbocycles. The van der Waals surface area contributed by atoms with Gasteiger partial charge in [0.2, 0.25) is 0 Å². The van der Waals surface area contributed by atoms with Crippen LogP contribution in [0.15, 0.2) is 30.3 Å². The van der Waals surface area contributed by atoms with Crippen LogP contribution >= 0.6 is 46.4 Å². The largest absolute Gasteiger partial charge is 1.00 e. The van der Waals surface area contributed by atoms with Gasteiger partial charge in [0, 0.05) is 5.52 Å². The third-order valence-electron chi connectivity index (χ3n) is 2.52. The number of carboxylic acid groups (broad SMARTS) is 1. The van der Waals surface area contributed by atoms with Crippen LogP contribution < -0.4 is 34.7 Å². The van der Waals surface area contributed by atoms with E-state index in [-0.39, 0.29) is 35.3 Å². The van der Waals surface area contributed by atoms with Crippen molar-refractivity contribution in [1.29, 1.82) is 0 Å². The molecule has 0 unspecified atom stereocenters. The number of H-pyrrole nitrogens is 1. The van der Waals surface area contributed by atoms with Crippen LogP contribution in [0.3, 0.4) is 0 Å². The van der Waals surface area contributed by atoms with Gasteiger partial charge in [-0.05, 0) is 17.5 Å². The quantitative estimate of drug-likeness (QED) is 0.613. The fourth-order valence-electron chi connectivity index (χ4n) is 1.54. The second kappa shape index (κ2) is 6.02. The average molecular weight is 349 g/mol. The molecule has 0 atom stereocenters. The molecule has 1 N–H and O–H groups in total. The number of carboxylic acids is 1. The van der Waals surface area contributed by atoms with Crippen molar-refractivity contribution < 1.29 is 39.5 Å². The number of nitrogens with one attached hydrogen (secondary N) is 1. The fraction of sp³-hybridized carbons (Fsp3) is 0.182. The van der Waals surface area contributed by atoms with Gasteiger partial charge in [0.1, 0.15) is 0 Å². The summed E-state index contributed by atoms with van der Waals surface area (Å²) in [6.07, 6.45) is 0. The van der Waals surface area contributed by atoms with Gasteiger partial charge in [-0.3, -0.25) is 0 Å². The first-order chi connectivity index (χ1) is 8.26. The molecular formula is C11H6Cl4NNaO2. The van der Waals surface area contributed by atoms with Crippen LogP contribution in [0.1, 0.15) is 5.69 Å². The number of hydrogen-bond acceptors (Lipinski definition) is 2. The molecule has 0 bridgehead atoms. The summed E-state index contributed by atoms with van der Waals surface area (Å²) in [6.45, 7) is 0. The Bertz CT molecular complexity index is 579. The number of hydrogen-bond donors (Lipinski definition) is 1. The minimum Gasteiger partial charge on any atom is -0.547 e. The van der Waals surface area contributed by atoms with E-state index in [4.69, 9.17) is 46.4 Å². The van der Waals surface area contributed by atoms with E-state index < -0.39 is 14.6 Å². The van der Waals surface area contributed by atoms with Crippen LogP contribution in [0.25, 0.3) is 10.9 Å². The van der Waals surface area contributed by atoms with Crippen LogP contribution in [0.5, 0.6) is 0 Å². The van der Waals surface area contributed by atoms with Crippen LogP contribution in [-0.4, -0.2) is 15.3 Å². The van der Waals surface area contributed by atoms with Crippen molar-refractivity contribution in [2.24, 2.45) is 0 Å². The molecule has 0 spiro atoms. The second-order valence-corrected chi connectivity index (χ2v) is 6.36. The number of fused-ring (bicyclic) bond motifs is 1. The number of benzene rings is 1. The summed E-state index contributed by atoms with van der Waals surface area (Å²) in [5, 5.41) is 11.7. The molecule has 0 aliphatic carbocycles. The maximum absolute atomic E-state index is 10.9. The zero-order valence-corrected chi connectivity index (χ0v) is 14.7. The summed E-state index contributed by atoms with van der Waals surface area (Å²) >= 11 is 23.2. The molecule has 0 radical (unpaired) electrons. The van der Waals surface area contributed by atoms with Crippen LogP contribution in [0.2, 0.25) is 0 Å². The summed E-state index contributed by atoms with van der Waals surface area (Å²) in [6, 6.07) is 8.80. The van der Waals surface area contributed by atoms with Crippen molar-refractivity contribution in [1.82, 2.24) is 4.98 Å². The van der Waals surface area contributed by atoms with Gasteiger partial charge in [0.05, 0.1) is 11.7 Å². The van der Waals surface area contributed by atoms with Gasteiger partial charge < -0.3 is 14.9 Å². The smallest absolute Gasteiger partial charge is 0.547 e. The molecule has 0 aliphatic rings. The molecule has 19 heavy (non-hydrogen) atoms. The first kappa shape index (κ1) is 17.4. The van der Waals surface area contributed by atoms with Gasteiger partial charge in [-0.15, -0.1) is 0 Å². The number of carbonyl (C=O) groups excluding carboxylic acids is 1. The molecule has 3 nitrogen and oxygen atoms in total. The second-order valence-electron chi connectivity index (χ2n) is 3.71. The predicted molar refractivity (Wildman–Crippen MR) is 71.1 cm³/mol. The van der Waals surface area contributed by atoms with Crippen molar-refractivity contribution in [3.8, 4) is 0 Å². The topological polar surface area (TPSA) is 55.9 Å². The van der Waals surface area contributed by atoms with Gasteiger partial charge >= 0.3 is 29.6 Å². The molecule has 2 rings (SSSR count). The molecule has 0 saturated carbocycles. The Balaban J connectivity index is 0.00000180. The van der Waals surface area contributed by atoms with Crippen LogP contribution in [-0.2, 0) is 9.13 Å². The standard InChI is InChI=1S/C11H7Cl4NO2.Na/c12-10(13,11(14,15)9(17)18)8-5-6-3-1-2-4-7(6)16-8;/h1-5,16H,(H,17,18);/q;+1/p-1. The van der Waals surface area contributed by atoms with E-state index in [1.165, 1.54) is 0 Å². The van der Waals surface area contributed by atoms with E-state index in [9.17, 15) is 9.90 Å². The first-order valence-corrected chi connectivity index (χ1v) is 6.33. The van der Waals surface area contributed by atoms with Gasteiger partial charge in [0.15, 0.2) is 8.67 Å². The van der Waals surface area contributed by atoms with E-state index in [1.54, 1.807) is 18.2 Å². The number of alkyl halides is 4. The molecule has 0 saturated heterocycles. The Hall–Kier alpha value is 0.390. The Kier molecular flexibility index (Phi) is 5.53. The molecular weight excluding hydrogens is 343 g/mol. The normalized spacial score (nSPS) is 12.2. The predicted octanol–water partition coefficient (Wildman–Crippen LogP) is -0.274. The SMILES string of the molecule is O=C([O-])C(Cl)(Cl)C(Cl)(Cl)c1cc2ccccc2[nH]1.[Na+]. The van der Waals surface area contributed by atoms with E-state index in [0.29, 0.717) is 0 Å². The Morgan fingerprint density at radius 2 is 1.74 bits per heavy atom. The third-order valence-corrected chi connectivity index (χ3v) is 4.76. The number of aromatic amines is 1. The number of aromatic nitrogens is 1. The van der Waals surface area contributed by atoms with Crippen LogP contribution in [0.4, 0.5) is 0 Å². The number of aliphatic carboxylic acids is 1. The molecule has 96 valence electrons. The van der Waals surface area contributed by atoms with Gasteiger partial charge in [-0.1, -0.05) is 64.6 Å². The summed E-state index contributed by atoms with van der Waals surface area (Å²) in [5.41, 5.74) is 0.918. The molecule has 0 amide bonds. The Morgan fingerprint density at radius 1 is 1.16 bits per heavy atom. The van der Waals surface area contributed by atoms with Crippen molar-refractivity contribution >= 4 is 63.3 Å². The first-order valence-electron chi connectivity index (χ1n) is 4.82. The summed E-state index contributed by atoms with van der Waals surface area (Å²) in [7, 11) is 0. The Morgan fingerprint density at radius 3 is 2.26 bits per heavy atom. The molecule has 1 heterocycles. The van der Waals surface area contributed by atoms with Gasteiger partial charge in [-0.25, -0.2) is 0 Å². The van der Waals surface area contributed by atoms with Crippen molar-refractivity contribution in [3.05, 3.63) is 36.0 Å². The van der Waals surface area contributed by atoms with E-state index in [0.717, 1.165) is 10.9 Å². The number of halogens is 4. The minimum absolute atomic E-state index is 0. The average Bonchev–Trinajstić information content (AvgIpc) is 2.72. The maximum atomic E-state index is 10.9. The third kappa shape index (κ3) is 3.03. The molecule has 1 aromatic heterocycles. The maximum Gasteiger partial charge on any atom is 1.00 e. The fourth-order valence-corrected chi connectivity index (χ4v) is 2.10. The number of rotatable bonds is 3. The molecule has 2 aromatic rings. The number of carbonyl (C=O) groups is 1.